The molecule has 1 atom stereocenters. The van der Waals surface area contributed by atoms with Crippen LogP contribution in [-0.2, 0) is 28.6 Å². The van der Waals surface area contributed by atoms with E-state index >= 15 is 0 Å². The number of hydrogen-bond donors (Lipinski definition) is 2. The van der Waals surface area contributed by atoms with Crippen LogP contribution in [0.5, 0.6) is 0 Å². The van der Waals surface area contributed by atoms with Gasteiger partial charge in [-0.1, -0.05) is 6.07 Å². The fourth-order valence-electron chi connectivity index (χ4n) is 3.83. The lowest BCUT2D eigenvalue weighted by Gasteiger charge is -2.32. The SMILES string of the molecule is CN1C(=O)CCC(N2C(=O)c3cccc(NCCOCCOCCOCCC(=O)O)c3C2=O)C1=O. The summed E-state index contributed by atoms with van der Waals surface area (Å²) in [6, 6.07) is 3.88. The summed E-state index contributed by atoms with van der Waals surface area (Å²) in [6.45, 7) is 2.15. The lowest BCUT2D eigenvalue weighted by atomic mass is 10.0. The zero-order valence-corrected chi connectivity index (χ0v) is 19.5. The first-order valence-electron chi connectivity index (χ1n) is 11.3. The van der Waals surface area contributed by atoms with E-state index in [2.05, 4.69) is 5.32 Å². The number of amides is 4. The Balaban J connectivity index is 1.42. The Bertz CT molecular complexity index is 981. The fourth-order valence-corrected chi connectivity index (χ4v) is 3.83. The molecule has 12 heteroatoms. The maximum absolute atomic E-state index is 13.1. The second kappa shape index (κ2) is 12.4. The summed E-state index contributed by atoms with van der Waals surface area (Å²) in [5.74, 6) is -2.91. The van der Waals surface area contributed by atoms with Crippen molar-refractivity contribution in [2.24, 2.45) is 0 Å². The highest BCUT2D eigenvalue weighted by Gasteiger charge is 2.47. The standard InChI is InChI=1S/C23H29N3O9/c1-25-18(27)6-5-17(22(25)31)26-21(30)15-3-2-4-16(20(15)23(26)32)24-8-10-34-12-14-35-13-11-33-9-7-19(28)29/h2-4,17,24H,5-14H2,1H3,(H,28,29). The van der Waals surface area contributed by atoms with Gasteiger partial charge in [-0.2, -0.15) is 0 Å². The number of imide groups is 2. The molecular formula is C23H29N3O9. The predicted molar refractivity (Wildman–Crippen MR) is 121 cm³/mol. The molecule has 1 fully saturated rings. The summed E-state index contributed by atoms with van der Waals surface area (Å²) in [7, 11) is 1.35. The van der Waals surface area contributed by atoms with Gasteiger partial charge < -0.3 is 24.6 Å². The maximum Gasteiger partial charge on any atom is 0.305 e. The van der Waals surface area contributed by atoms with Gasteiger partial charge in [0, 0.05) is 25.7 Å². The molecule has 190 valence electrons. The van der Waals surface area contributed by atoms with Crippen LogP contribution in [0.25, 0.3) is 0 Å². The molecule has 0 spiro atoms. The number of likely N-dealkylation sites (tertiary alicyclic amines) is 1. The molecule has 0 saturated carbocycles. The first-order valence-corrected chi connectivity index (χ1v) is 11.3. The van der Waals surface area contributed by atoms with Crippen molar-refractivity contribution in [2.75, 3.05) is 58.6 Å². The molecule has 35 heavy (non-hydrogen) atoms. The molecule has 0 aliphatic carbocycles. The molecule has 1 saturated heterocycles. The fraction of sp³-hybridized carbons (Fsp3) is 0.522. The second-order valence-corrected chi connectivity index (χ2v) is 7.96. The number of nitrogens with one attached hydrogen (secondary N) is 1. The lowest BCUT2D eigenvalue weighted by Crippen LogP contribution is -2.54. The summed E-state index contributed by atoms with van der Waals surface area (Å²) in [4.78, 5) is 62.6. The minimum absolute atomic E-state index is 0.0461. The van der Waals surface area contributed by atoms with E-state index in [0.717, 1.165) is 9.80 Å². The van der Waals surface area contributed by atoms with E-state index in [4.69, 9.17) is 19.3 Å². The van der Waals surface area contributed by atoms with E-state index in [9.17, 15) is 24.0 Å². The van der Waals surface area contributed by atoms with Crippen LogP contribution >= 0.6 is 0 Å². The average molecular weight is 491 g/mol. The summed E-state index contributed by atoms with van der Waals surface area (Å²) < 4.78 is 15.9. The topological polar surface area (TPSA) is 152 Å². The molecule has 2 N–H and O–H groups in total. The van der Waals surface area contributed by atoms with E-state index in [1.165, 1.54) is 7.05 Å². The van der Waals surface area contributed by atoms with Crippen molar-refractivity contribution >= 4 is 35.3 Å². The molecule has 0 aromatic heterocycles. The van der Waals surface area contributed by atoms with Gasteiger partial charge in [0.2, 0.25) is 5.91 Å². The lowest BCUT2D eigenvalue weighted by molar-refractivity contribution is -0.149. The van der Waals surface area contributed by atoms with Crippen LogP contribution in [0.4, 0.5) is 5.69 Å². The molecule has 12 nitrogen and oxygen atoms in total. The van der Waals surface area contributed by atoms with Gasteiger partial charge in [-0.25, -0.2) is 0 Å². The number of nitrogens with zero attached hydrogens (tertiary/aromatic N) is 2. The number of carboxylic acid groups (broad SMARTS) is 1. The smallest absolute Gasteiger partial charge is 0.305 e. The first kappa shape index (κ1) is 26.3. The number of hydrogen-bond acceptors (Lipinski definition) is 9. The number of piperidine rings is 1. The number of fused-ring (bicyclic) bond motifs is 1. The van der Waals surface area contributed by atoms with Gasteiger partial charge in [0.05, 0.1) is 57.2 Å². The van der Waals surface area contributed by atoms with Crippen molar-refractivity contribution in [3.8, 4) is 0 Å². The number of carbonyl (C=O) groups excluding carboxylic acids is 4. The quantitative estimate of drug-likeness (QED) is 0.276. The average Bonchev–Trinajstić information content (AvgIpc) is 3.09. The van der Waals surface area contributed by atoms with Crippen molar-refractivity contribution in [3.05, 3.63) is 29.3 Å². The number of likely N-dealkylation sites (N-methyl/N-ethyl adjacent to an activating group) is 1. The molecule has 1 unspecified atom stereocenters. The highest BCUT2D eigenvalue weighted by Crippen LogP contribution is 2.33. The van der Waals surface area contributed by atoms with Crippen LogP contribution < -0.4 is 5.32 Å². The third-order valence-corrected chi connectivity index (χ3v) is 5.65. The summed E-state index contributed by atoms with van der Waals surface area (Å²) in [5.41, 5.74) is 0.887. The van der Waals surface area contributed by atoms with Crippen LogP contribution in [0.15, 0.2) is 18.2 Å². The van der Waals surface area contributed by atoms with E-state index in [0.29, 0.717) is 45.3 Å². The Labute approximate surface area is 202 Å². The van der Waals surface area contributed by atoms with Crippen molar-refractivity contribution in [1.82, 2.24) is 9.80 Å². The summed E-state index contributed by atoms with van der Waals surface area (Å²) in [6.07, 6.45) is 0.153. The third-order valence-electron chi connectivity index (χ3n) is 5.65. The highest BCUT2D eigenvalue weighted by molar-refractivity contribution is 6.25. The van der Waals surface area contributed by atoms with Gasteiger partial charge in [0.25, 0.3) is 17.7 Å². The molecule has 4 amide bonds. The van der Waals surface area contributed by atoms with Crippen molar-refractivity contribution in [1.29, 1.82) is 0 Å². The van der Waals surface area contributed by atoms with Gasteiger partial charge in [-0.3, -0.25) is 33.8 Å². The van der Waals surface area contributed by atoms with Gasteiger partial charge >= 0.3 is 5.97 Å². The van der Waals surface area contributed by atoms with Crippen LogP contribution in [0.3, 0.4) is 0 Å². The predicted octanol–water partition coefficient (Wildman–Crippen LogP) is 0.366. The van der Waals surface area contributed by atoms with E-state index in [1.54, 1.807) is 18.2 Å². The largest absolute Gasteiger partial charge is 0.481 e. The molecule has 2 aliphatic heterocycles. The molecule has 2 heterocycles. The first-order chi connectivity index (χ1) is 16.8. The number of benzene rings is 1. The van der Waals surface area contributed by atoms with Crippen molar-refractivity contribution in [2.45, 2.75) is 25.3 Å². The number of anilines is 1. The summed E-state index contributed by atoms with van der Waals surface area (Å²) in [5, 5.41) is 11.6. The number of carbonyl (C=O) groups is 5. The number of carboxylic acids is 1. The van der Waals surface area contributed by atoms with Crippen LogP contribution in [0.2, 0.25) is 0 Å². The number of ether oxygens (including phenoxy) is 3. The molecule has 1 aromatic carbocycles. The van der Waals surface area contributed by atoms with Crippen LogP contribution in [0, 0.1) is 0 Å². The molecule has 2 aliphatic rings. The van der Waals surface area contributed by atoms with Crippen molar-refractivity contribution in [3.63, 3.8) is 0 Å². The number of aliphatic carboxylic acids is 1. The van der Waals surface area contributed by atoms with Gasteiger partial charge in [0.15, 0.2) is 0 Å². The van der Waals surface area contributed by atoms with Crippen LogP contribution in [-0.4, -0.2) is 104 Å². The van der Waals surface area contributed by atoms with Gasteiger partial charge in [-0.05, 0) is 18.6 Å². The highest BCUT2D eigenvalue weighted by atomic mass is 16.5. The second-order valence-electron chi connectivity index (χ2n) is 7.96. The van der Waals surface area contributed by atoms with Gasteiger partial charge in [-0.15, -0.1) is 0 Å². The Morgan fingerprint density at radius 3 is 2.34 bits per heavy atom. The molecule has 0 bridgehead atoms. The van der Waals surface area contributed by atoms with E-state index < -0.39 is 29.7 Å². The third kappa shape index (κ3) is 6.41. The molecule has 3 rings (SSSR count). The Hall–Kier alpha value is -3.35. The van der Waals surface area contributed by atoms with Crippen molar-refractivity contribution < 1.29 is 43.3 Å². The minimum atomic E-state index is -0.996. The maximum atomic E-state index is 13.1. The number of rotatable bonds is 14. The summed E-state index contributed by atoms with van der Waals surface area (Å²) >= 11 is 0. The Morgan fingerprint density at radius 2 is 1.66 bits per heavy atom. The Kier molecular flexibility index (Phi) is 9.29. The molecule has 1 aromatic rings. The molecule has 0 radical (unpaired) electrons. The van der Waals surface area contributed by atoms with E-state index in [1.807, 2.05) is 0 Å². The Morgan fingerprint density at radius 1 is 1.00 bits per heavy atom. The monoisotopic (exact) mass is 491 g/mol. The normalized spacial score (nSPS) is 17.8. The minimum Gasteiger partial charge on any atom is -0.481 e. The van der Waals surface area contributed by atoms with Crippen LogP contribution in [0.1, 0.15) is 40.0 Å². The van der Waals surface area contributed by atoms with E-state index in [-0.39, 0.29) is 42.9 Å². The van der Waals surface area contributed by atoms with Gasteiger partial charge in [0.1, 0.15) is 6.04 Å². The zero-order valence-electron chi connectivity index (χ0n) is 19.5. The molecular weight excluding hydrogens is 462 g/mol. The zero-order chi connectivity index (χ0) is 25.4.